The molecule has 27 heavy (non-hydrogen) atoms. The Morgan fingerprint density at radius 3 is 2.48 bits per heavy atom. The van der Waals surface area contributed by atoms with Crippen LogP contribution < -0.4 is 5.32 Å². The minimum atomic E-state index is -0.202. The van der Waals surface area contributed by atoms with E-state index in [4.69, 9.17) is 0 Å². The van der Waals surface area contributed by atoms with Gasteiger partial charge in [-0.1, -0.05) is 0 Å². The second-order valence-electron chi connectivity index (χ2n) is 6.67. The van der Waals surface area contributed by atoms with E-state index in [1.54, 1.807) is 36.5 Å². The second-order valence-corrected chi connectivity index (χ2v) is 6.67. The minimum absolute atomic E-state index is 0.190. The quantitative estimate of drug-likeness (QED) is 0.677. The molecule has 2 aromatic rings. The SMILES string of the molecule is CN(C)CCCNC(=O)c1ccnc(C(=O)N(C)CCc2ccncc2)c1. The van der Waals surface area contributed by atoms with E-state index in [1.807, 2.05) is 26.2 Å². The fourth-order valence-electron chi connectivity index (χ4n) is 2.53. The van der Waals surface area contributed by atoms with E-state index in [0.717, 1.165) is 24.9 Å². The van der Waals surface area contributed by atoms with Gasteiger partial charge in [0, 0.05) is 44.3 Å². The highest BCUT2D eigenvalue weighted by Crippen LogP contribution is 2.06. The van der Waals surface area contributed by atoms with Crippen molar-refractivity contribution in [1.82, 2.24) is 25.1 Å². The third-order valence-corrected chi connectivity index (χ3v) is 4.14. The summed E-state index contributed by atoms with van der Waals surface area (Å²) in [5, 5.41) is 2.87. The van der Waals surface area contributed by atoms with E-state index in [2.05, 4.69) is 20.2 Å². The summed E-state index contributed by atoms with van der Waals surface area (Å²) < 4.78 is 0. The number of likely N-dealkylation sites (N-methyl/N-ethyl adjacent to an activating group) is 1. The van der Waals surface area contributed by atoms with E-state index in [0.29, 0.717) is 18.7 Å². The maximum Gasteiger partial charge on any atom is 0.272 e. The van der Waals surface area contributed by atoms with Crippen LogP contribution in [0, 0.1) is 0 Å². The van der Waals surface area contributed by atoms with Crippen molar-refractivity contribution < 1.29 is 9.59 Å². The summed E-state index contributed by atoms with van der Waals surface area (Å²) in [5.74, 6) is -0.393. The summed E-state index contributed by atoms with van der Waals surface area (Å²) in [6.07, 6.45) is 6.57. The summed E-state index contributed by atoms with van der Waals surface area (Å²) in [5.41, 5.74) is 1.83. The summed E-state index contributed by atoms with van der Waals surface area (Å²) in [6, 6.07) is 7.03. The number of carbonyl (C=O) groups is 2. The first-order valence-electron chi connectivity index (χ1n) is 9.00. The zero-order chi connectivity index (χ0) is 19.6. The van der Waals surface area contributed by atoms with Gasteiger partial charge in [0.15, 0.2) is 0 Å². The summed E-state index contributed by atoms with van der Waals surface area (Å²) in [6.45, 7) is 2.06. The predicted octanol–water partition coefficient (Wildman–Crippen LogP) is 1.47. The van der Waals surface area contributed by atoms with Crippen molar-refractivity contribution in [3.63, 3.8) is 0 Å². The van der Waals surface area contributed by atoms with Crippen LogP contribution in [0.3, 0.4) is 0 Å². The molecule has 144 valence electrons. The molecule has 2 aromatic heterocycles. The Bertz CT molecular complexity index is 749. The highest BCUT2D eigenvalue weighted by atomic mass is 16.2. The van der Waals surface area contributed by atoms with Gasteiger partial charge >= 0.3 is 0 Å². The molecule has 0 aliphatic carbocycles. The van der Waals surface area contributed by atoms with Gasteiger partial charge in [0.2, 0.25) is 0 Å². The summed E-state index contributed by atoms with van der Waals surface area (Å²) in [4.78, 5) is 36.6. The number of rotatable bonds is 9. The van der Waals surface area contributed by atoms with Crippen LogP contribution in [-0.4, -0.2) is 72.4 Å². The third kappa shape index (κ3) is 6.79. The molecule has 0 spiro atoms. The van der Waals surface area contributed by atoms with Crippen LogP contribution in [0.1, 0.15) is 32.8 Å². The first kappa shape index (κ1) is 20.5. The highest BCUT2D eigenvalue weighted by Gasteiger charge is 2.15. The molecular weight excluding hydrogens is 342 g/mol. The maximum absolute atomic E-state index is 12.6. The first-order chi connectivity index (χ1) is 13.0. The molecule has 0 bridgehead atoms. The van der Waals surface area contributed by atoms with Gasteiger partial charge in [0.05, 0.1) is 0 Å². The van der Waals surface area contributed by atoms with Crippen molar-refractivity contribution >= 4 is 11.8 Å². The van der Waals surface area contributed by atoms with Crippen LogP contribution >= 0.6 is 0 Å². The van der Waals surface area contributed by atoms with Crippen LogP contribution in [0.15, 0.2) is 42.9 Å². The van der Waals surface area contributed by atoms with Crippen molar-refractivity contribution in [2.24, 2.45) is 0 Å². The molecule has 1 N–H and O–H groups in total. The van der Waals surface area contributed by atoms with Gasteiger partial charge in [-0.3, -0.25) is 19.6 Å². The van der Waals surface area contributed by atoms with E-state index in [-0.39, 0.29) is 17.5 Å². The molecule has 0 fully saturated rings. The van der Waals surface area contributed by atoms with Gasteiger partial charge in [-0.05, 0) is 63.3 Å². The van der Waals surface area contributed by atoms with E-state index in [9.17, 15) is 9.59 Å². The fraction of sp³-hybridized carbons (Fsp3) is 0.400. The summed E-state index contributed by atoms with van der Waals surface area (Å²) in [7, 11) is 5.72. The third-order valence-electron chi connectivity index (χ3n) is 4.14. The number of amides is 2. The molecule has 2 rings (SSSR count). The Hall–Kier alpha value is -2.80. The van der Waals surface area contributed by atoms with Crippen molar-refractivity contribution in [2.45, 2.75) is 12.8 Å². The predicted molar refractivity (Wildman–Crippen MR) is 105 cm³/mol. The van der Waals surface area contributed by atoms with Gasteiger partial charge in [-0.15, -0.1) is 0 Å². The van der Waals surface area contributed by atoms with Crippen LogP contribution in [0.25, 0.3) is 0 Å². The lowest BCUT2D eigenvalue weighted by Gasteiger charge is -2.17. The zero-order valence-corrected chi connectivity index (χ0v) is 16.2. The molecule has 0 unspecified atom stereocenters. The highest BCUT2D eigenvalue weighted by molar-refractivity contribution is 5.98. The number of hydrogen-bond acceptors (Lipinski definition) is 5. The number of hydrogen-bond donors (Lipinski definition) is 1. The van der Waals surface area contributed by atoms with Gasteiger partial charge < -0.3 is 15.1 Å². The maximum atomic E-state index is 12.6. The average Bonchev–Trinajstić information content (AvgIpc) is 2.69. The second kappa shape index (κ2) is 10.4. The van der Waals surface area contributed by atoms with Gasteiger partial charge in [0.25, 0.3) is 11.8 Å². The van der Waals surface area contributed by atoms with Crippen LogP contribution in [0.5, 0.6) is 0 Å². The lowest BCUT2D eigenvalue weighted by Crippen LogP contribution is -2.30. The van der Waals surface area contributed by atoms with Gasteiger partial charge in [-0.25, -0.2) is 0 Å². The molecule has 0 saturated carbocycles. The Morgan fingerprint density at radius 1 is 1.04 bits per heavy atom. The monoisotopic (exact) mass is 369 g/mol. The molecule has 2 amide bonds. The Labute approximate surface area is 160 Å². The van der Waals surface area contributed by atoms with Crippen LogP contribution in [-0.2, 0) is 6.42 Å². The van der Waals surface area contributed by atoms with E-state index < -0.39 is 0 Å². The lowest BCUT2D eigenvalue weighted by atomic mass is 10.1. The standard InChI is InChI=1S/C20H27N5O2/c1-24(2)13-4-9-23-19(26)17-7-12-22-18(15-17)20(27)25(3)14-8-16-5-10-21-11-6-16/h5-7,10-12,15H,4,8-9,13-14H2,1-3H3,(H,23,26). The Kier molecular flexibility index (Phi) is 7.88. The smallest absolute Gasteiger partial charge is 0.272 e. The van der Waals surface area contributed by atoms with Crippen LogP contribution in [0.4, 0.5) is 0 Å². The van der Waals surface area contributed by atoms with E-state index >= 15 is 0 Å². The van der Waals surface area contributed by atoms with E-state index in [1.165, 1.54) is 6.20 Å². The fourth-order valence-corrected chi connectivity index (χ4v) is 2.53. The van der Waals surface area contributed by atoms with Crippen molar-refractivity contribution in [3.8, 4) is 0 Å². The zero-order valence-electron chi connectivity index (χ0n) is 16.2. The molecule has 7 heteroatoms. The molecule has 0 aliphatic heterocycles. The summed E-state index contributed by atoms with van der Waals surface area (Å²) >= 11 is 0. The topological polar surface area (TPSA) is 78.4 Å². The average molecular weight is 369 g/mol. The molecule has 0 aliphatic rings. The normalized spacial score (nSPS) is 10.7. The molecule has 0 aromatic carbocycles. The van der Waals surface area contributed by atoms with Crippen molar-refractivity contribution in [2.75, 3.05) is 40.8 Å². The molecule has 0 radical (unpaired) electrons. The number of pyridine rings is 2. The molecule has 2 heterocycles. The number of carbonyl (C=O) groups excluding carboxylic acids is 2. The number of nitrogens with one attached hydrogen (secondary N) is 1. The van der Waals surface area contributed by atoms with Gasteiger partial charge in [0.1, 0.15) is 5.69 Å². The molecule has 7 nitrogen and oxygen atoms in total. The molecule has 0 atom stereocenters. The first-order valence-corrected chi connectivity index (χ1v) is 9.00. The largest absolute Gasteiger partial charge is 0.352 e. The Morgan fingerprint density at radius 2 is 1.78 bits per heavy atom. The van der Waals surface area contributed by atoms with Crippen molar-refractivity contribution in [3.05, 3.63) is 59.7 Å². The molecule has 0 saturated heterocycles. The van der Waals surface area contributed by atoms with Crippen LogP contribution in [0.2, 0.25) is 0 Å². The molecular formula is C20H27N5O2. The van der Waals surface area contributed by atoms with Gasteiger partial charge in [-0.2, -0.15) is 0 Å². The number of nitrogens with zero attached hydrogens (tertiary/aromatic N) is 4. The van der Waals surface area contributed by atoms with Crippen molar-refractivity contribution in [1.29, 1.82) is 0 Å². The minimum Gasteiger partial charge on any atom is -0.352 e. The lowest BCUT2D eigenvalue weighted by molar-refractivity contribution is 0.0791. The Balaban J connectivity index is 1.90. The number of aromatic nitrogens is 2.